The van der Waals surface area contributed by atoms with Crippen molar-refractivity contribution in [3.05, 3.63) is 24.7 Å². The first-order valence-corrected chi connectivity index (χ1v) is 5.19. The number of nitrogens with zero attached hydrogens (tertiary/aromatic N) is 4. The SMILES string of the molecule is CSc1cc(N)n(-c2ccncn2)n1. The molecule has 14 heavy (non-hydrogen) atoms. The van der Waals surface area contributed by atoms with Crippen LogP contribution in [0.5, 0.6) is 0 Å². The second-order valence-electron chi connectivity index (χ2n) is 2.59. The van der Waals surface area contributed by atoms with E-state index in [2.05, 4.69) is 15.1 Å². The summed E-state index contributed by atoms with van der Waals surface area (Å²) in [6, 6.07) is 3.57. The Balaban J connectivity index is 2.46. The van der Waals surface area contributed by atoms with Crippen LogP contribution in [-0.2, 0) is 0 Å². The summed E-state index contributed by atoms with van der Waals surface area (Å²) in [7, 11) is 0. The van der Waals surface area contributed by atoms with Crippen LogP contribution >= 0.6 is 11.8 Å². The van der Waals surface area contributed by atoms with Crippen molar-refractivity contribution in [3.8, 4) is 5.82 Å². The van der Waals surface area contributed by atoms with Crippen LogP contribution in [0, 0.1) is 0 Å². The fourth-order valence-corrected chi connectivity index (χ4v) is 1.47. The zero-order valence-corrected chi connectivity index (χ0v) is 8.40. The number of nitrogens with two attached hydrogens (primary N) is 1. The number of nitrogen functional groups attached to an aromatic ring is 1. The van der Waals surface area contributed by atoms with Crippen LogP contribution in [0.3, 0.4) is 0 Å². The molecule has 0 unspecified atom stereocenters. The lowest BCUT2D eigenvalue weighted by molar-refractivity contribution is 0.814. The van der Waals surface area contributed by atoms with Crippen LogP contribution in [0.2, 0.25) is 0 Å². The fraction of sp³-hybridized carbons (Fsp3) is 0.125. The predicted molar refractivity (Wildman–Crippen MR) is 55.3 cm³/mol. The van der Waals surface area contributed by atoms with Gasteiger partial charge in [0.2, 0.25) is 0 Å². The smallest absolute Gasteiger partial charge is 0.159 e. The second kappa shape index (κ2) is 3.67. The maximum Gasteiger partial charge on any atom is 0.159 e. The first kappa shape index (κ1) is 9.01. The fourth-order valence-electron chi connectivity index (χ4n) is 1.07. The van der Waals surface area contributed by atoms with E-state index in [9.17, 15) is 0 Å². The van der Waals surface area contributed by atoms with Gasteiger partial charge < -0.3 is 5.73 Å². The van der Waals surface area contributed by atoms with E-state index < -0.39 is 0 Å². The Kier molecular flexibility index (Phi) is 2.36. The van der Waals surface area contributed by atoms with Crippen molar-refractivity contribution in [2.24, 2.45) is 0 Å². The molecule has 0 aliphatic heterocycles. The molecule has 0 spiro atoms. The van der Waals surface area contributed by atoms with Gasteiger partial charge in [-0.15, -0.1) is 11.8 Å². The Morgan fingerprint density at radius 2 is 2.36 bits per heavy atom. The van der Waals surface area contributed by atoms with Crippen LogP contribution in [-0.4, -0.2) is 26.0 Å². The highest BCUT2D eigenvalue weighted by atomic mass is 32.2. The van der Waals surface area contributed by atoms with E-state index >= 15 is 0 Å². The summed E-state index contributed by atoms with van der Waals surface area (Å²) >= 11 is 1.54. The summed E-state index contributed by atoms with van der Waals surface area (Å²) in [5, 5.41) is 5.14. The standard InChI is InChI=1S/C8H9N5S/c1-14-8-4-6(9)13(12-8)7-2-3-10-5-11-7/h2-5H,9H2,1H3. The van der Waals surface area contributed by atoms with E-state index in [4.69, 9.17) is 5.73 Å². The minimum atomic E-state index is 0.577. The van der Waals surface area contributed by atoms with Crippen molar-refractivity contribution in [1.29, 1.82) is 0 Å². The van der Waals surface area contributed by atoms with Gasteiger partial charge in [-0.25, -0.2) is 9.97 Å². The maximum absolute atomic E-state index is 5.78. The third kappa shape index (κ3) is 1.56. The zero-order valence-electron chi connectivity index (χ0n) is 7.58. The highest BCUT2D eigenvalue weighted by Gasteiger charge is 2.06. The van der Waals surface area contributed by atoms with Crippen LogP contribution in [0.15, 0.2) is 29.7 Å². The van der Waals surface area contributed by atoms with Crippen molar-refractivity contribution >= 4 is 17.6 Å². The molecule has 0 atom stereocenters. The zero-order chi connectivity index (χ0) is 9.97. The number of anilines is 1. The van der Waals surface area contributed by atoms with E-state index in [0.29, 0.717) is 11.6 Å². The maximum atomic E-state index is 5.78. The van der Waals surface area contributed by atoms with Gasteiger partial charge in [0.25, 0.3) is 0 Å². The average Bonchev–Trinajstić information content (AvgIpc) is 2.61. The van der Waals surface area contributed by atoms with Gasteiger partial charge in [0.05, 0.1) is 0 Å². The lowest BCUT2D eigenvalue weighted by atomic mass is 10.5. The Hall–Kier alpha value is -1.56. The first-order chi connectivity index (χ1) is 6.81. The van der Waals surface area contributed by atoms with Crippen LogP contribution < -0.4 is 5.73 Å². The molecular formula is C8H9N5S. The molecule has 2 N–H and O–H groups in total. The van der Waals surface area contributed by atoms with Crippen LogP contribution in [0.1, 0.15) is 0 Å². The normalized spacial score (nSPS) is 10.4. The van der Waals surface area contributed by atoms with Gasteiger partial charge in [-0.3, -0.25) is 0 Å². The van der Waals surface area contributed by atoms with Gasteiger partial charge in [-0.2, -0.15) is 9.78 Å². The molecule has 2 aromatic rings. The molecule has 0 bridgehead atoms. The number of rotatable bonds is 2. The van der Waals surface area contributed by atoms with Gasteiger partial charge in [0, 0.05) is 18.3 Å². The van der Waals surface area contributed by atoms with Crippen LogP contribution in [0.25, 0.3) is 5.82 Å². The molecule has 6 heteroatoms. The molecule has 0 aliphatic rings. The molecule has 0 fully saturated rings. The molecule has 2 rings (SSSR count). The van der Waals surface area contributed by atoms with E-state index in [-0.39, 0.29) is 0 Å². The minimum Gasteiger partial charge on any atom is -0.383 e. The summed E-state index contributed by atoms with van der Waals surface area (Å²) < 4.78 is 1.59. The van der Waals surface area contributed by atoms with Crippen molar-refractivity contribution < 1.29 is 0 Å². The number of thioether (sulfide) groups is 1. The monoisotopic (exact) mass is 207 g/mol. The predicted octanol–water partition coefficient (Wildman–Crippen LogP) is 0.966. The lowest BCUT2D eigenvalue weighted by Gasteiger charge is -2.00. The summed E-state index contributed by atoms with van der Waals surface area (Å²) in [5.41, 5.74) is 5.78. The Morgan fingerprint density at radius 3 is 2.93 bits per heavy atom. The Morgan fingerprint density at radius 1 is 1.50 bits per heavy atom. The second-order valence-corrected chi connectivity index (χ2v) is 3.42. The molecule has 0 radical (unpaired) electrons. The average molecular weight is 207 g/mol. The van der Waals surface area contributed by atoms with E-state index in [1.54, 1.807) is 28.7 Å². The molecule has 0 amide bonds. The third-order valence-electron chi connectivity index (χ3n) is 1.71. The molecule has 0 aliphatic carbocycles. The van der Waals surface area contributed by atoms with Gasteiger partial charge in [0.1, 0.15) is 17.2 Å². The van der Waals surface area contributed by atoms with Crippen molar-refractivity contribution in [2.45, 2.75) is 5.03 Å². The lowest BCUT2D eigenvalue weighted by Crippen LogP contribution is -2.03. The van der Waals surface area contributed by atoms with Crippen molar-refractivity contribution in [3.63, 3.8) is 0 Å². The van der Waals surface area contributed by atoms with Crippen molar-refractivity contribution in [1.82, 2.24) is 19.7 Å². The number of hydrogen-bond acceptors (Lipinski definition) is 5. The summed E-state index contributed by atoms with van der Waals surface area (Å²) in [6.07, 6.45) is 5.07. The number of hydrogen-bond donors (Lipinski definition) is 1. The van der Waals surface area contributed by atoms with E-state index in [1.165, 1.54) is 6.33 Å². The largest absolute Gasteiger partial charge is 0.383 e. The van der Waals surface area contributed by atoms with Gasteiger partial charge in [-0.05, 0) is 6.26 Å². The third-order valence-corrected chi connectivity index (χ3v) is 2.32. The summed E-state index contributed by atoms with van der Waals surface area (Å²) in [5.74, 6) is 1.26. The Bertz CT molecular complexity index is 425. The molecule has 0 saturated carbocycles. The summed E-state index contributed by atoms with van der Waals surface area (Å²) in [4.78, 5) is 7.89. The quantitative estimate of drug-likeness (QED) is 0.743. The Labute approximate surface area is 85.4 Å². The first-order valence-electron chi connectivity index (χ1n) is 3.97. The highest BCUT2D eigenvalue weighted by Crippen LogP contribution is 2.18. The molecule has 0 aromatic carbocycles. The molecule has 5 nitrogen and oxygen atoms in total. The molecule has 2 aromatic heterocycles. The van der Waals surface area contributed by atoms with Gasteiger partial charge in [-0.1, -0.05) is 0 Å². The molecular weight excluding hydrogens is 198 g/mol. The van der Waals surface area contributed by atoms with Gasteiger partial charge >= 0.3 is 0 Å². The molecule has 72 valence electrons. The van der Waals surface area contributed by atoms with Crippen molar-refractivity contribution in [2.75, 3.05) is 12.0 Å². The number of aromatic nitrogens is 4. The molecule has 2 heterocycles. The molecule has 0 saturated heterocycles. The topological polar surface area (TPSA) is 69.6 Å². The van der Waals surface area contributed by atoms with Gasteiger partial charge in [0.15, 0.2) is 5.82 Å². The minimum absolute atomic E-state index is 0.577. The summed E-state index contributed by atoms with van der Waals surface area (Å²) in [6.45, 7) is 0. The van der Waals surface area contributed by atoms with E-state index in [0.717, 1.165) is 5.03 Å². The van der Waals surface area contributed by atoms with E-state index in [1.807, 2.05) is 12.3 Å². The highest BCUT2D eigenvalue weighted by molar-refractivity contribution is 7.98. The van der Waals surface area contributed by atoms with Crippen LogP contribution in [0.4, 0.5) is 5.82 Å².